The van der Waals surface area contributed by atoms with Gasteiger partial charge in [-0.2, -0.15) is 5.21 Å². The minimum absolute atomic E-state index is 0.115. The van der Waals surface area contributed by atoms with E-state index < -0.39 is 0 Å². The van der Waals surface area contributed by atoms with E-state index in [-0.39, 0.29) is 11.9 Å². The van der Waals surface area contributed by atoms with Crippen LogP contribution < -0.4 is 0 Å². The molecule has 2 rings (SSSR count). The van der Waals surface area contributed by atoms with Crippen molar-refractivity contribution in [1.29, 1.82) is 0 Å². The van der Waals surface area contributed by atoms with Crippen molar-refractivity contribution in [1.82, 2.24) is 30.4 Å². The number of aromatic amines is 1. The Morgan fingerprint density at radius 3 is 2.56 bits per heavy atom. The molecule has 1 aromatic carbocycles. The fourth-order valence-electron chi connectivity index (χ4n) is 2.77. The largest absolute Gasteiger partial charge is 0.344 e. The van der Waals surface area contributed by atoms with E-state index >= 15 is 0 Å². The summed E-state index contributed by atoms with van der Waals surface area (Å²) >= 11 is 0. The average molecular weight is 344 g/mol. The SMILES string of the molecule is CCCN(Cc1ccc(C)cc1)C(C)C(=O)N(C)CCc1nn[nH]n1. The van der Waals surface area contributed by atoms with Gasteiger partial charge in [0.05, 0.1) is 6.04 Å². The smallest absolute Gasteiger partial charge is 0.239 e. The molecule has 2 aromatic rings. The Hall–Kier alpha value is -2.28. The molecule has 0 fully saturated rings. The molecule has 1 aromatic heterocycles. The lowest BCUT2D eigenvalue weighted by Crippen LogP contribution is -2.46. The van der Waals surface area contributed by atoms with E-state index in [4.69, 9.17) is 0 Å². The molecule has 0 saturated heterocycles. The highest BCUT2D eigenvalue weighted by Crippen LogP contribution is 2.12. The number of aryl methyl sites for hydroxylation is 1. The molecule has 0 saturated carbocycles. The highest BCUT2D eigenvalue weighted by atomic mass is 16.2. The van der Waals surface area contributed by atoms with Gasteiger partial charge in [-0.05, 0) is 32.4 Å². The Kier molecular flexibility index (Phi) is 7.06. The molecule has 7 nitrogen and oxygen atoms in total. The monoisotopic (exact) mass is 344 g/mol. The van der Waals surface area contributed by atoms with Gasteiger partial charge in [0.2, 0.25) is 5.91 Å². The molecule has 0 aliphatic carbocycles. The van der Waals surface area contributed by atoms with Crippen molar-refractivity contribution in [3.63, 3.8) is 0 Å². The number of rotatable bonds is 9. The van der Waals surface area contributed by atoms with Crippen LogP contribution in [0.2, 0.25) is 0 Å². The topological polar surface area (TPSA) is 78.0 Å². The van der Waals surface area contributed by atoms with Crippen LogP contribution in [0.3, 0.4) is 0 Å². The van der Waals surface area contributed by atoms with Crippen LogP contribution in [0.25, 0.3) is 0 Å². The number of tetrazole rings is 1. The molecule has 1 unspecified atom stereocenters. The molecule has 25 heavy (non-hydrogen) atoms. The van der Waals surface area contributed by atoms with E-state index in [1.807, 2.05) is 14.0 Å². The number of hydrogen-bond acceptors (Lipinski definition) is 5. The molecule has 1 heterocycles. The predicted octanol–water partition coefficient (Wildman–Crippen LogP) is 1.81. The van der Waals surface area contributed by atoms with Gasteiger partial charge < -0.3 is 4.90 Å². The zero-order valence-corrected chi connectivity index (χ0v) is 15.6. The van der Waals surface area contributed by atoms with E-state index in [1.165, 1.54) is 11.1 Å². The summed E-state index contributed by atoms with van der Waals surface area (Å²) in [5.74, 6) is 0.737. The normalized spacial score (nSPS) is 12.4. The van der Waals surface area contributed by atoms with Gasteiger partial charge in [0.15, 0.2) is 5.82 Å². The van der Waals surface area contributed by atoms with Crippen molar-refractivity contribution >= 4 is 5.91 Å². The van der Waals surface area contributed by atoms with Crippen molar-refractivity contribution < 1.29 is 4.79 Å². The number of nitrogens with one attached hydrogen (secondary N) is 1. The minimum atomic E-state index is -0.170. The Labute approximate surface area is 149 Å². The molecule has 1 atom stereocenters. The van der Waals surface area contributed by atoms with E-state index in [0.717, 1.165) is 19.5 Å². The van der Waals surface area contributed by atoms with Crippen LogP contribution in [-0.4, -0.2) is 62.5 Å². The number of amides is 1. The zero-order valence-electron chi connectivity index (χ0n) is 15.6. The van der Waals surface area contributed by atoms with Crippen molar-refractivity contribution in [3.8, 4) is 0 Å². The van der Waals surface area contributed by atoms with E-state index in [2.05, 4.69) is 63.6 Å². The molecule has 0 aliphatic heterocycles. The third-order valence-corrected chi connectivity index (χ3v) is 4.36. The predicted molar refractivity (Wildman–Crippen MR) is 96.9 cm³/mol. The standard InChI is InChI=1S/C18H28N6O/c1-5-11-24(13-16-8-6-14(2)7-9-16)15(3)18(25)23(4)12-10-17-19-21-22-20-17/h6-9,15H,5,10-13H2,1-4H3,(H,19,20,21,22). The summed E-state index contributed by atoms with van der Waals surface area (Å²) in [6.07, 6.45) is 1.60. The van der Waals surface area contributed by atoms with Gasteiger partial charge in [0.25, 0.3) is 0 Å². The molecule has 1 N–H and O–H groups in total. The number of carbonyl (C=O) groups is 1. The number of likely N-dealkylation sites (N-methyl/N-ethyl adjacent to an activating group) is 1. The first-order chi connectivity index (χ1) is 12.0. The van der Waals surface area contributed by atoms with E-state index in [9.17, 15) is 4.79 Å². The lowest BCUT2D eigenvalue weighted by atomic mass is 10.1. The quantitative estimate of drug-likeness (QED) is 0.751. The van der Waals surface area contributed by atoms with Crippen LogP contribution in [0.5, 0.6) is 0 Å². The molecule has 0 radical (unpaired) electrons. The summed E-state index contributed by atoms with van der Waals surface area (Å²) < 4.78 is 0. The van der Waals surface area contributed by atoms with Gasteiger partial charge in [-0.3, -0.25) is 9.69 Å². The molecule has 7 heteroatoms. The summed E-state index contributed by atoms with van der Waals surface area (Å²) in [7, 11) is 1.83. The number of carbonyl (C=O) groups excluding carboxylic acids is 1. The zero-order chi connectivity index (χ0) is 18.2. The van der Waals surface area contributed by atoms with Gasteiger partial charge in [-0.25, -0.2) is 0 Å². The van der Waals surface area contributed by atoms with E-state index in [1.54, 1.807) is 4.90 Å². The minimum Gasteiger partial charge on any atom is -0.344 e. The van der Waals surface area contributed by atoms with Crippen LogP contribution in [0.4, 0.5) is 0 Å². The number of H-pyrrole nitrogens is 1. The lowest BCUT2D eigenvalue weighted by Gasteiger charge is -2.31. The van der Waals surface area contributed by atoms with Crippen molar-refractivity contribution in [2.75, 3.05) is 20.1 Å². The fourth-order valence-corrected chi connectivity index (χ4v) is 2.77. The van der Waals surface area contributed by atoms with Crippen molar-refractivity contribution in [3.05, 3.63) is 41.2 Å². The third kappa shape index (κ3) is 5.63. The molecular weight excluding hydrogens is 316 g/mol. The summed E-state index contributed by atoms with van der Waals surface area (Å²) in [5, 5.41) is 13.8. The summed E-state index contributed by atoms with van der Waals surface area (Å²) in [5.41, 5.74) is 2.48. The Bertz CT molecular complexity index is 640. The Morgan fingerprint density at radius 1 is 1.24 bits per heavy atom. The first kappa shape index (κ1) is 19.1. The summed E-state index contributed by atoms with van der Waals surface area (Å²) in [4.78, 5) is 16.8. The number of nitrogens with zero attached hydrogens (tertiary/aromatic N) is 5. The van der Waals surface area contributed by atoms with Gasteiger partial charge in [0, 0.05) is 26.6 Å². The maximum absolute atomic E-state index is 12.8. The summed E-state index contributed by atoms with van der Waals surface area (Å²) in [6, 6.07) is 8.33. The molecule has 136 valence electrons. The fraction of sp³-hybridized carbons (Fsp3) is 0.556. The maximum Gasteiger partial charge on any atom is 0.239 e. The average Bonchev–Trinajstić information content (AvgIpc) is 3.13. The molecular formula is C18H28N6O. The molecule has 0 spiro atoms. The van der Waals surface area contributed by atoms with Crippen LogP contribution in [-0.2, 0) is 17.8 Å². The van der Waals surface area contributed by atoms with Crippen LogP contribution in [0.15, 0.2) is 24.3 Å². The summed E-state index contributed by atoms with van der Waals surface area (Å²) in [6.45, 7) is 8.45. The number of aromatic nitrogens is 4. The number of benzene rings is 1. The Morgan fingerprint density at radius 2 is 1.96 bits per heavy atom. The second-order valence-electron chi connectivity index (χ2n) is 6.47. The molecule has 0 bridgehead atoms. The van der Waals surface area contributed by atoms with Crippen molar-refractivity contribution in [2.24, 2.45) is 0 Å². The number of hydrogen-bond donors (Lipinski definition) is 1. The van der Waals surface area contributed by atoms with Gasteiger partial charge >= 0.3 is 0 Å². The van der Waals surface area contributed by atoms with Gasteiger partial charge in [-0.1, -0.05) is 42.0 Å². The Balaban J connectivity index is 1.95. The van der Waals surface area contributed by atoms with Crippen molar-refractivity contribution in [2.45, 2.75) is 46.2 Å². The van der Waals surface area contributed by atoms with Crippen LogP contribution in [0, 0.1) is 6.92 Å². The second-order valence-corrected chi connectivity index (χ2v) is 6.47. The van der Waals surface area contributed by atoms with Gasteiger partial charge in [-0.15, -0.1) is 10.2 Å². The molecule has 0 aliphatic rings. The first-order valence-electron chi connectivity index (χ1n) is 8.78. The molecule has 1 amide bonds. The first-order valence-corrected chi connectivity index (χ1v) is 8.78. The lowest BCUT2D eigenvalue weighted by molar-refractivity contribution is -0.135. The maximum atomic E-state index is 12.8. The highest BCUT2D eigenvalue weighted by Gasteiger charge is 2.24. The van der Waals surface area contributed by atoms with Gasteiger partial charge in [0.1, 0.15) is 0 Å². The van der Waals surface area contributed by atoms with Crippen LogP contribution in [0.1, 0.15) is 37.2 Å². The van der Waals surface area contributed by atoms with Crippen LogP contribution >= 0.6 is 0 Å². The second kappa shape index (κ2) is 9.27. The third-order valence-electron chi connectivity index (χ3n) is 4.36. The van der Waals surface area contributed by atoms with E-state index in [0.29, 0.717) is 18.8 Å². The highest BCUT2D eigenvalue weighted by molar-refractivity contribution is 5.81.